The molecule has 22 heavy (non-hydrogen) atoms. The van der Waals surface area contributed by atoms with Crippen LogP contribution in [-0.2, 0) is 6.54 Å². The van der Waals surface area contributed by atoms with Crippen LogP contribution in [0.5, 0.6) is 5.75 Å². The smallest absolute Gasteiger partial charge is 0.315 e. The quantitative estimate of drug-likeness (QED) is 0.858. The Morgan fingerprint density at radius 2 is 2.32 bits per heavy atom. The lowest BCUT2D eigenvalue weighted by Gasteiger charge is -2.16. The number of aromatic nitrogens is 2. The van der Waals surface area contributed by atoms with Crippen molar-refractivity contribution in [3.05, 3.63) is 48.3 Å². The predicted octanol–water partition coefficient (Wildman–Crippen LogP) is 2.09. The SMILES string of the molecule is COc1ccc(C(C)NC(=O)NCCn2ccnc2)cc1F. The maximum atomic E-state index is 13.6. The molecule has 0 fully saturated rings. The second-order valence-corrected chi connectivity index (χ2v) is 4.82. The van der Waals surface area contributed by atoms with Crippen LogP contribution in [0.2, 0.25) is 0 Å². The lowest BCUT2D eigenvalue weighted by molar-refractivity contribution is 0.237. The number of rotatable bonds is 6. The number of methoxy groups -OCH3 is 1. The van der Waals surface area contributed by atoms with Crippen LogP contribution in [0.4, 0.5) is 9.18 Å². The molecule has 0 bridgehead atoms. The minimum Gasteiger partial charge on any atom is -0.494 e. The third kappa shape index (κ3) is 4.21. The second-order valence-electron chi connectivity index (χ2n) is 4.82. The van der Waals surface area contributed by atoms with E-state index in [2.05, 4.69) is 15.6 Å². The highest BCUT2D eigenvalue weighted by Gasteiger charge is 2.11. The van der Waals surface area contributed by atoms with E-state index in [1.807, 2.05) is 10.8 Å². The summed E-state index contributed by atoms with van der Waals surface area (Å²) in [7, 11) is 1.41. The minimum atomic E-state index is -0.450. The van der Waals surface area contributed by atoms with E-state index in [1.165, 1.54) is 13.2 Å². The molecule has 0 aliphatic carbocycles. The van der Waals surface area contributed by atoms with Gasteiger partial charge in [0.1, 0.15) is 0 Å². The number of ether oxygens (including phenoxy) is 1. The maximum Gasteiger partial charge on any atom is 0.315 e. The van der Waals surface area contributed by atoms with E-state index in [9.17, 15) is 9.18 Å². The molecule has 6 nitrogen and oxygen atoms in total. The van der Waals surface area contributed by atoms with Crippen LogP contribution in [0.3, 0.4) is 0 Å². The Labute approximate surface area is 128 Å². The molecule has 1 heterocycles. The van der Waals surface area contributed by atoms with Crippen molar-refractivity contribution in [2.75, 3.05) is 13.7 Å². The lowest BCUT2D eigenvalue weighted by atomic mass is 10.1. The van der Waals surface area contributed by atoms with Gasteiger partial charge in [-0.05, 0) is 24.6 Å². The molecule has 2 aromatic rings. The highest BCUT2D eigenvalue weighted by atomic mass is 19.1. The van der Waals surface area contributed by atoms with Gasteiger partial charge >= 0.3 is 6.03 Å². The molecule has 1 aromatic carbocycles. The molecule has 0 radical (unpaired) electrons. The molecule has 7 heteroatoms. The van der Waals surface area contributed by atoms with E-state index in [-0.39, 0.29) is 17.8 Å². The minimum absolute atomic E-state index is 0.181. The molecule has 2 amide bonds. The fourth-order valence-electron chi connectivity index (χ4n) is 2.00. The number of urea groups is 1. The molecule has 1 unspecified atom stereocenters. The number of hydrogen-bond acceptors (Lipinski definition) is 3. The summed E-state index contributed by atoms with van der Waals surface area (Å²) in [6.07, 6.45) is 5.19. The zero-order chi connectivity index (χ0) is 15.9. The number of halogens is 1. The van der Waals surface area contributed by atoms with E-state index in [0.717, 1.165) is 0 Å². The molecular weight excluding hydrogens is 287 g/mol. The third-order valence-electron chi connectivity index (χ3n) is 3.24. The molecule has 1 aromatic heterocycles. The Bertz CT molecular complexity index is 616. The first kappa shape index (κ1) is 15.8. The number of carbonyl (C=O) groups excluding carboxylic acids is 1. The number of hydrogen-bond donors (Lipinski definition) is 2. The van der Waals surface area contributed by atoms with Gasteiger partial charge in [-0.1, -0.05) is 6.07 Å². The van der Waals surface area contributed by atoms with E-state index in [1.54, 1.807) is 31.6 Å². The van der Waals surface area contributed by atoms with Gasteiger partial charge in [0.2, 0.25) is 0 Å². The van der Waals surface area contributed by atoms with Gasteiger partial charge in [-0.25, -0.2) is 14.2 Å². The van der Waals surface area contributed by atoms with Crippen LogP contribution in [0, 0.1) is 5.82 Å². The van der Waals surface area contributed by atoms with Crippen molar-refractivity contribution < 1.29 is 13.9 Å². The van der Waals surface area contributed by atoms with Crippen LogP contribution in [0.25, 0.3) is 0 Å². The van der Waals surface area contributed by atoms with Crippen LogP contribution >= 0.6 is 0 Å². The largest absolute Gasteiger partial charge is 0.494 e. The first-order valence-corrected chi connectivity index (χ1v) is 6.93. The maximum absolute atomic E-state index is 13.6. The average molecular weight is 306 g/mol. The van der Waals surface area contributed by atoms with Gasteiger partial charge in [-0.15, -0.1) is 0 Å². The fourth-order valence-corrected chi connectivity index (χ4v) is 2.00. The molecule has 2 N–H and O–H groups in total. The molecule has 0 aliphatic heterocycles. The predicted molar refractivity (Wildman–Crippen MR) is 80.1 cm³/mol. The summed E-state index contributed by atoms with van der Waals surface area (Å²) in [5, 5.41) is 5.50. The standard InChI is InChI=1S/C15H19FN4O2/c1-11(12-3-4-14(22-2)13(16)9-12)19-15(21)18-6-8-20-7-5-17-10-20/h3-5,7,9-11H,6,8H2,1-2H3,(H2,18,19,21). The Morgan fingerprint density at radius 3 is 2.95 bits per heavy atom. The third-order valence-corrected chi connectivity index (χ3v) is 3.24. The van der Waals surface area contributed by atoms with Gasteiger partial charge in [-0.3, -0.25) is 0 Å². The van der Waals surface area contributed by atoms with E-state index in [0.29, 0.717) is 18.7 Å². The Balaban J connectivity index is 1.81. The zero-order valence-corrected chi connectivity index (χ0v) is 12.5. The average Bonchev–Trinajstić information content (AvgIpc) is 3.00. The van der Waals surface area contributed by atoms with Gasteiger partial charge in [0.05, 0.1) is 19.5 Å². The number of nitrogens with zero attached hydrogens (tertiary/aromatic N) is 2. The summed E-state index contributed by atoms with van der Waals surface area (Å²) in [4.78, 5) is 15.7. The highest BCUT2D eigenvalue weighted by Crippen LogP contribution is 2.21. The summed E-state index contributed by atoms with van der Waals surface area (Å²) in [5.74, 6) is -0.269. The number of imidazole rings is 1. The topological polar surface area (TPSA) is 68.2 Å². The lowest BCUT2D eigenvalue weighted by Crippen LogP contribution is -2.38. The first-order valence-electron chi connectivity index (χ1n) is 6.93. The van der Waals surface area contributed by atoms with Gasteiger partial charge in [-0.2, -0.15) is 0 Å². The monoisotopic (exact) mass is 306 g/mol. The van der Waals surface area contributed by atoms with Gasteiger partial charge in [0, 0.05) is 25.5 Å². The van der Waals surface area contributed by atoms with Gasteiger partial charge in [0.15, 0.2) is 11.6 Å². The molecule has 1 atom stereocenters. The molecule has 0 aliphatic rings. The number of amides is 2. The van der Waals surface area contributed by atoms with Crippen LogP contribution < -0.4 is 15.4 Å². The van der Waals surface area contributed by atoms with Gasteiger partial charge < -0.3 is 19.9 Å². The molecule has 0 saturated heterocycles. The van der Waals surface area contributed by atoms with Crippen molar-refractivity contribution in [1.29, 1.82) is 0 Å². The van der Waals surface area contributed by atoms with E-state index >= 15 is 0 Å². The molecular formula is C15H19FN4O2. The summed E-state index contributed by atoms with van der Waals surface area (Å²) in [6.45, 7) is 2.90. The van der Waals surface area contributed by atoms with Gasteiger partial charge in [0.25, 0.3) is 0 Å². The fraction of sp³-hybridized carbons (Fsp3) is 0.333. The van der Waals surface area contributed by atoms with Crippen LogP contribution in [-0.4, -0.2) is 29.2 Å². The van der Waals surface area contributed by atoms with Crippen molar-refractivity contribution in [3.8, 4) is 5.75 Å². The van der Waals surface area contributed by atoms with E-state index in [4.69, 9.17) is 4.74 Å². The number of nitrogens with one attached hydrogen (secondary N) is 2. The molecule has 0 spiro atoms. The van der Waals surface area contributed by atoms with Crippen molar-refractivity contribution in [3.63, 3.8) is 0 Å². The number of carbonyl (C=O) groups is 1. The summed E-state index contributed by atoms with van der Waals surface area (Å²) in [6, 6.07) is 4.01. The van der Waals surface area contributed by atoms with Crippen molar-refractivity contribution >= 4 is 6.03 Å². The van der Waals surface area contributed by atoms with Crippen molar-refractivity contribution in [1.82, 2.24) is 20.2 Å². The Kier molecular flexibility index (Phi) is 5.35. The second kappa shape index (κ2) is 7.44. The molecule has 118 valence electrons. The number of benzene rings is 1. The highest BCUT2D eigenvalue weighted by molar-refractivity contribution is 5.74. The van der Waals surface area contributed by atoms with Crippen molar-refractivity contribution in [2.24, 2.45) is 0 Å². The first-order chi connectivity index (χ1) is 10.6. The Hall–Kier alpha value is -2.57. The molecule has 2 rings (SSSR count). The van der Waals surface area contributed by atoms with E-state index < -0.39 is 5.82 Å². The van der Waals surface area contributed by atoms with Crippen molar-refractivity contribution in [2.45, 2.75) is 19.5 Å². The summed E-state index contributed by atoms with van der Waals surface area (Å²) < 4.78 is 20.4. The normalized spacial score (nSPS) is 11.8. The summed E-state index contributed by atoms with van der Waals surface area (Å²) >= 11 is 0. The molecule has 0 saturated carbocycles. The zero-order valence-electron chi connectivity index (χ0n) is 12.5. The van der Waals surface area contributed by atoms with Crippen LogP contribution in [0.1, 0.15) is 18.5 Å². The summed E-state index contributed by atoms with van der Waals surface area (Å²) in [5.41, 5.74) is 0.669. The Morgan fingerprint density at radius 1 is 1.50 bits per heavy atom. The van der Waals surface area contributed by atoms with Crippen LogP contribution in [0.15, 0.2) is 36.9 Å².